The highest BCUT2D eigenvalue weighted by Crippen LogP contribution is 2.19. The van der Waals surface area contributed by atoms with Gasteiger partial charge in [0.25, 0.3) is 0 Å². The number of carbonyl (C=O) groups excluding carboxylic acids is 1. The van der Waals surface area contributed by atoms with Gasteiger partial charge in [-0.15, -0.1) is 0 Å². The quantitative estimate of drug-likeness (QED) is 0.903. The molecule has 0 radical (unpaired) electrons. The molecular weight excluding hydrogens is 278 g/mol. The summed E-state index contributed by atoms with van der Waals surface area (Å²) in [5.41, 5.74) is 2.52. The molecule has 1 N–H and O–H groups in total. The number of nitrogens with one attached hydrogen (secondary N) is 1. The summed E-state index contributed by atoms with van der Waals surface area (Å²) in [5, 5.41) is 0. The predicted octanol–water partition coefficient (Wildman–Crippen LogP) is 1.82. The minimum Gasteiger partial charge on any atom is -0.363 e. The van der Waals surface area contributed by atoms with Gasteiger partial charge in [-0.1, -0.05) is 19.8 Å². The highest BCUT2D eigenvalue weighted by Gasteiger charge is 2.32. The Morgan fingerprint density at radius 2 is 2.00 bits per heavy atom. The molecule has 1 saturated heterocycles. The van der Waals surface area contributed by atoms with Gasteiger partial charge in [-0.05, 0) is 20.3 Å². The second-order valence-corrected chi connectivity index (χ2v) is 6.29. The third-order valence-electron chi connectivity index (χ3n) is 4.63. The van der Waals surface area contributed by atoms with E-state index in [9.17, 15) is 9.59 Å². The Morgan fingerprint density at radius 1 is 1.27 bits per heavy atom. The van der Waals surface area contributed by atoms with E-state index in [1.807, 2.05) is 25.8 Å². The van der Waals surface area contributed by atoms with Gasteiger partial charge in [-0.2, -0.15) is 0 Å². The van der Waals surface area contributed by atoms with Crippen molar-refractivity contribution in [3.63, 3.8) is 0 Å². The van der Waals surface area contributed by atoms with E-state index < -0.39 is 0 Å². The van der Waals surface area contributed by atoms with Crippen LogP contribution in [0.3, 0.4) is 0 Å². The first-order valence-electron chi connectivity index (χ1n) is 8.12. The normalized spacial score (nSPS) is 19.7. The number of nitrogens with zero attached hydrogens (tertiary/aromatic N) is 2. The number of aromatic amines is 1. The minimum atomic E-state index is -0.0668. The van der Waals surface area contributed by atoms with Gasteiger partial charge in [-0.3, -0.25) is 14.5 Å². The van der Waals surface area contributed by atoms with Gasteiger partial charge in [0.15, 0.2) is 5.43 Å². The first-order valence-corrected chi connectivity index (χ1v) is 8.12. The van der Waals surface area contributed by atoms with E-state index in [4.69, 9.17) is 0 Å². The third-order valence-corrected chi connectivity index (χ3v) is 4.63. The molecular formula is C17H27N3O2. The second kappa shape index (κ2) is 7.09. The Morgan fingerprint density at radius 3 is 2.68 bits per heavy atom. The number of aryl methyl sites for hydroxylation is 1. The van der Waals surface area contributed by atoms with E-state index in [2.05, 4.69) is 16.8 Å². The van der Waals surface area contributed by atoms with Gasteiger partial charge in [0.1, 0.15) is 0 Å². The van der Waals surface area contributed by atoms with Crippen molar-refractivity contribution in [2.24, 2.45) is 0 Å². The molecule has 0 aliphatic carbocycles. The molecule has 2 rings (SSSR count). The van der Waals surface area contributed by atoms with Crippen LogP contribution in [0.1, 0.15) is 43.0 Å². The van der Waals surface area contributed by atoms with Gasteiger partial charge < -0.3 is 9.88 Å². The van der Waals surface area contributed by atoms with Crippen LogP contribution in [-0.2, 0) is 11.3 Å². The lowest BCUT2D eigenvalue weighted by Gasteiger charge is -2.39. The number of hydrogen-bond donors (Lipinski definition) is 1. The number of unbranched alkanes of at least 4 members (excludes halogenated alkanes) is 1. The number of pyridine rings is 1. The number of hydrogen-bond acceptors (Lipinski definition) is 3. The molecule has 0 saturated carbocycles. The second-order valence-electron chi connectivity index (χ2n) is 6.29. The number of likely N-dealkylation sites (N-methyl/N-ethyl adjacent to an activating group) is 1. The molecule has 0 spiro atoms. The summed E-state index contributed by atoms with van der Waals surface area (Å²) in [6.45, 7) is 8.06. The van der Waals surface area contributed by atoms with Crippen LogP contribution >= 0.6 is 0 Å². The van der Waals surface area contributed by atoms with Crippen molar-refractivity contribution in [2.45, 2.75) is 52.6 Å². The Labute approximate surface area is 132 Å². The lowest BCUT2D eigenvalue weighted by molar-refractivity contribution is -0.140. The maximum atomic E-state index is 12.5. The van der Waals surface area contributed by atoms with Crippen LogP contribution in [0.4, 0.5) is 0 Å². The molecule has 1 atom stereocenters. The van der Waals surface area contributed by atoms with Crippen molar-refractivity contribution >= 4 is 5.91 Å². The molecule has 122 valence electrons. The lowest BCUT2D eigenvalue weighted by atomic mass is 10.0. The third kappa shape index (κ3) is 3.40. The van der Waals surface area contributed by atoms with Crippen molar-refractivity contribution in [1.82, 2.24) is 14.8 Å². The first kappa shape index (κ1) is 16.7. The average Bonchev–Trinajstić information content (AvgIpc) is 2.51. The van der Waals surface area contributed by atoms with Crippen LogP contribution in [0, 0.1) is 13.8 Å². The van der Waals surface area contributed by atoms with Crippen LogP contribution in [0.25, 0.3) is 0 Å². The van der Waals surface area contributed by atoms with E-state index >= 15 is 0 Å². The van der Waals surface area contributed by atoms with Crippen LogP contribution in [0.5, 0.6) is 0 Å². The summed E-state index contributed by atoms with van der Waals surface area (Å²) in [7, 11) is 1.87. The Hall–Kier alpha value is -1.62. The van der Waals surface area contributed by atoms with E-state index in [1.54, 1.807) is 6.20 Å². The first-order chi connectivity index (χ1) is 10.5. The average molecular weight is 305 g/mol. The molecule has 1 aromatic heterocycles. The highest BCUT2D eigenvalue weighted by atomic mass is 16.2. The predicted molar refractivity (Wildman–Crippen MR) is 87.9 cm³/mol. The van der Waals surface area contributed by atoms with Gasteiger partial charge in [0.05, 0.1) is 6.04 Å². The van der Waals surface area contributed by atoms with Gasteiger partial charge in [0.2, 0.25) is 5.91 Å². The summed E-state index contributed by atoms with van der Waals surface area (Å²) in [6, 6.07) is -0.0668. The SMILES string of the molecule is CCCC[C@@H]1C(=O)N(C)CCN1Cc1[nH]cc(C)c(=O)c1C. The zero-order valence-corrected chi connectivity index (χ0v) is 14.1. The molecule has 22 heavy (non-hydrogen) atoms. The summed E-state index contributed by atoms with van der Waals surface area (Å²) < 4.78 is 0. The molecule has 1 aliphatic rings. The topological polar surface area (TPSA) is 56.4 Å². The fourth-order valence-corrected chi connectivity index (χ4v) is 3.02. The molecule has 1 aliphatic heterocycles. The Bertz CT molecular complexity index is 594. The van der Waals surface area contributed by atoms with Crippen LogP contribution in [-0.4, -0.2) is 46.9 Å². The molecule has 1 fully saturated rings. The molecule has 0 unspecified atom stereocenters. The maximum Gasteiger partial charge on any atom is 0.239 e. The number of piperazine rings is 1. The summed E-state index contributed by atoms with van der Waals surface area (Å²) in [4.78, 5) is 31.8. The van der Waals surface area contributed by atoms with Gasteiger partial charge in [0, 0.05) is 49.7 Å². The van der Waals surface area contributed by atoms with E-state index in [1.165, 1.54) is 0 Å². The number of H-pyrrole nitrogens is 1. The maximum absolute atomic E-state index is 12.5. The van der Waals surface area contributed by atoms with Crippen LogP contribution in [0.15, 0.2) is 11.0 Å². The molecule has 5 heteroatoms. The van der Waals surface area contributed by atoms with Gasteiger partial charge >= 0.3 is 0 Å². The van der Waals surface area contributed by atoms with Crippen molar-refractivity contribution in [2.75, 3.05) is 20.1 Å². The van der Waals surface area contributed by atoms with Crippen molar-refractivity contribution < 1.29 is 4.79 Å². The zero-order chi connectivity index (χ0) is 16.3. The number of aromatic nitrogens is 1. The largest absolute Gasteiger partial charge is 0.363 e. The Kier molecular flexibility index (Phi) is 5.40. The van der Waals surface area contributed by atoms with E-state index in [-0.39, 0.29) is 17.4 Å². The number of carbonyl (C=O) groups is 1. The molecule has 5 nitrogen and oxygen atoms in total. The zero-order valence-electron chi connectivity index (χ0n) is 14.1. The Balaban J connectivity index is 2.20. The molecule has 0 bridgehead atoms. The minimum absolute atomic E-state index is 0.0668. The summed E-state index contributed by atoms with van der Waals surface area (Å²) in [6.07, 6.45) is 4.78. The standard InChI is InChI=1S/C17H27N3O2/c1-5-6-7-15-17(22)19(4)8-9-20(15)11-14-13(3)16(21)12(2)10-18-14/h10,15H,5-9,11H2,1-4H3,(H,18,21)/t15-/m1/s1. The van der Waals surface area contributed by atoms with E-state index in [0.29, 0.717) is 6.54 Å². The van der Waals surface area contributed by atoms with Crippen molar-refractivity contribution in [1.29, 1.82) is 0 Å². The smallest absolute Gasteiger partial charge is 0.239 e. The monoisotopic (exact) mass is 305 g/mol. The van der Waals surface area contributed by atoms with Crippen LogP contribution < -0.4 is 5.43 Å². The summed E-state index contributed by atoms with van der Waals surface area (Å²) >= 11 is 0. The number of rotatable bonds is 5. The molecule has 0 aromatic carbocycles. The highest BCUT2D eigenvalue weighted by molar-refractivity contribution is 5.82. The summed E-state index contributed by atoms with van der Waals surface area (Å²) in [5.74, 6) is 0.201. The molecule has 1 aromatic rings. The van der Waals surface area contributed by atoms with E-state index in [0.717, 1.165) is 49.2 Å². The van der Waals surface area contributed by atoms with Crippen LogP contribution in [0.2, 0.25) is 0 Å². The lowest BCUT2D eigenvalue weighted by Crippen LogP contribution is -2.55. The fraction of sp³-hybridized carbons (Fsp3) is 0.647. The van der Waals surface area contributed by atoms with Crippen molar-refractivity contribution in [3.05, 3.63) is 33.2 Å². The number of amides is 1. The molecule has 2 heterocycles. The fourth-order valence-electron chi connectivity index (χ4n) is 3.02. The molecule has 1 amide bonds. The van der Waals surface area contributed by atoms with Gasteiger partial charge in [-0.25, -0.2) is 0 Å². The van der Waals surface area contributed by atoms with Crippen molar-refractivity contribution in [3.8, 4) is 0 Å².